The van der Waals surface area contributed by atoms with Gasteiger partial charge < -0.3 is 9.47 Å². The van der Waals surface area contributed by atoms with Gasteiger partial charge in [0.1, 0.15) is 5.82 Å². The average molecular weight is 369 g/mol. The molecule has 0 saturated carbocycles. The molecule has 1 saturated heterocycles. The van der Waals surface area contributed by atoms with Gasteiger partial charge in [-0.05, 0) is 37.1 Å². The number of fused-ring (bicyclic) bond motifs is 1. The molecule has 5 rings (SSSR count). The maximum absolute atomic E-state index is 4.72. The van der Waals surface area contributed by atoms with Gasteiger partial charge >= 0.3 is 0 Å². The third-order valence-electron chi connectivity index (χ3n) is 5.56. The summed E-state index contributed by atoms with van der Waals surface area (Å²) in [5.41, 5.74) is 3.39. The predicted octanol–water partition coefficient (Wildman–Crippen LogP) is 4.26. The fourth-order valence-electron chi connectivity index (χ4n) is 4.24. The van der Waals surface area contributed by atoms with Crippen molar-refractivity contribution in [2.24, 2.45) is 0 Å². The smallest absolute Gasteiger partial charge is 0.113 e. The second-order valence-electron chi connectivity index (χ2n) is 7.37. The van der Waals surface area contributed by atoms with Crippen molar-refractivity contribution >= 4 is 16.6 Å². The number of para-hydroxylation sites is 1. The molecule has 5 nitrogen and oxygen atoms in total. The van der Waals surface area contributed by atoms with Crippen LogP contribution in [0.3, 0.4) is 0 Å². The molecule has 1 atom stereocenters. The van der Waals surface area contributed by atoms with E-state index in [4.69, 9.17) is 4.98 Å². The topological polar surface area (TPSA) is 46.8 Å². The van der Waals surface area contributed by atoms with E-state index in [9.17, 15) is 0 Å². The Morgan fingerprint density at radius 1 is 0.893 bits per heavy atom. The van der Waals surface area contributed by atoms with Gasteiger partial charge in [0.15, 0.2) is 0 Å². The molecule has 4 heterocycles. The van der Waals surface area contributed by atoms with E-state index < -0.39 is 0 Å². The standard InChI is InChI=1S/C23H23N5/c1-2-9-21-20(8-1)22(10-12-25-21)27-14-5-6-18(16-27)23-26-13-15-28(23)17-19-7-3-4-11-24-19/h1-4,7-13,15,18H,5-6,14,16-17H2/t18-/m0/s1. The van der Waals surface area contributed by atoms with E-state index >= 15 is 0 Å². The zero-order chi connectivity index (χ0) is 18.8. The summed E-state index contributed by atoms with van der Waals surface area (Å²) < 4.78 is 2.25. The Hall–Kier alpha value is -3.21. The predicted molar refractivity (Wildman–Crippen MR) is 111 cm³/mol. The highest BCUT2D eigenvalue weighted by molar-refractivity contribution is 5.91. The molecule has 1 fully saturated rings. The van der Waals surface area contributed by atoms with Crippen LogP contribution in [-0.4, -0.2) is 32.6 Å². The molecule has 0 radical (unpaired) electrons. The lowest BCUT2D eigenvalue weighted by atomic mass is 9.96. The number of rotatable bonds is 4. The van der Waals surface area contributed by atoms with Crippen molar-refractivity contribution in [2.45, 2.75) is 25.3 Å². The van der Waals surface area contributed by atoms with E-state index in [0.717, 1.165) is 43.1 Å². The van der Waals surface area contributed by atoms with Crippen LogP contribution >= 0.6 is 0 Å². The number of hydrogen-bond acceptors (Lipinski definition) is 4. The monoisotopic (exact) mass is 369 g/mol. The van der Waals surface area contributed by atoms with E-state index in [0.29, 0.717) is 5.92 Å². The molecule has 0 spiro atoms. The van der Waals surface area contributed by atoms with Gasteiger partial charge in [-0.2, -0.15) is 0 Å². The number of benzene rings is 1. The third kappa shape index (κ3) is 3.24. The van der Waals surface area contributed by atoms with Gasteiger partial charge in [-0.15, -0.1) is 0 Å². The molecule has 0 unspecified atom stereocenters. The minimum Gasteiger partial charge on any atom is -0.370 e. The van der Waals surface area contributed by atoms with Crippen LogP contribution in [0.1, 0.15) is 30.3 Å². The Bertz CT molecular complexity index is 1070. The lowest BCUT2D eigenvalue weighted by molar-refractivity contribution is 0.476. The first-order chi connectivity index (χ1) is 13.9. The first-order valence-corrected chi connectivity index (χ1v) is 9.88. The van der Waals surface area contributed by atoms with Gasteiger partial charge in [-0.1, -0.05) is 24.3 Å². The van der Waals surface area contributed by atoms with Crippen LogP contribution in [-0.2, 0) is 6.54 Å². The average Bonchev–Trinajstić information content (AvgIpc) is 3.22. The van der Waals surface area contributed by atoms with Gasteiger partial charge in [0.05, 0.1) is 17.8 Å². The fraction of sp³-hybridized carbons (Fsp3) is 0.261. The number of hydrogen-bond donors (Lipinski definition) is 0. The Morgan fingerprint density at radius 2 is 1.82 bits per heavy atom. The quantitative estimate of drug-likeness (QED) is 0.539. The largest absolute Gasteiger partial charge is 0.370 e. The molecule has 0 bridgehead atoms. The first-order valence-electron chi connectivity index (χ1n) is 9.88. The second kappa shape index (κ2) is 7.43. The molecule has 4 aromatic rings. The maximum Gasteiger partial charge on any atom is 0.113 e. The first kappa shape index (κ1) is 16.9. The molecule has 1 aromatic carbocycles. The van der Waals surface area contributed by atoms with Crippen LogP contribution in [0, 0.1) is 0 Å². The van der Waals surface area contributed by atoms with Crippen molar-refractivity contribution in [2.75, 3.05) is 18.0 Å². The fourth-order valence-corrected chi connectivity index (χ4v) is 4.24. The van der Waals surface area contributed by atoms with Crippen molar-refractivity contribution in [3.63, 3.8) is 0 Å². The normalized spacial score (nSPS) is 17.1. The molecule has 3 aromatic heterocycles. The summed E-state index contributed by atoms with van der Waals surface area (Å²) in [6.45, 7) is 2.82. The van der Waals surface area contributed by atoms with E-state index in [2.05, 4.69) is 56.0 Å². The SMILES string of the molecule is c1ccc(Cn2ccnc2[C@H]2CCCN(c3ccnc4ccccc34)C2)nc1. The molecule has 0 N–H and O–H groups in total. The number of aromatic nitrogens is 4. The summed E-state index contributed by atoms with van der Waals surface area (Å²) >= 11 is 0. The molecular weight excluding hydrogens is 346 g/mol. The number of pyridine rings is 2. The van der Waals surface area contributed by atoms with E-state index in [1.54, 1.807) is 0 Å². The minimum absolute atomic E-state index is 0.416. The molecule has 1 aliphatic rings. The summed E-state index contributed by atoms with van der Waals surface area (Å²) in [6, 6.07) is 16.6. The summed E-state index contributed by atoms with van der Waals surface area (Å²) in [5.74, 6) is 1.58. The Kier molecular flexibility index (Phi) is 4.49. The molecule has 0 amide bonds. The summed E-state index contributed by atoms with van der Waals surface area (Å²) in [5, 5.41) is 1.22. The zero-order valence-electron chi connectivity index (χ0n) is 15.8. The van der Waals surface area contributed by atoms with E-state index in [1.165, 1.54) is 17.5 Å². The lowest BCUT2D eigenvalue weighted by Crippen LogP contribution is -2.35. The number of imidazole rings is 1. The molecule has 5 heteroatoms. The Morgan fingerprint density at radius 3 is 2.75 bits per heavy atom. The highest BCUT2D eigenvalue weighted by Crippen LogP contribution is 2.32. The molecule has 0 aliphatic carbocycles. The van der Waals surface area contributed by atoms with Crippen LogP contribution in [0.2, 0.25) is 0 Å². The zero-order valence-corrected chi connectivity index (χ0v) is 15.8. The Labute approximate surface area is 164 Å². The third-order valence-corrected chi connectivity index (χ3v) is 5.56. The van der Waals surface area contributed by atoms with Gasteiger partial charge in [-0.25, -0.2) is 4.98 Å². The van der Waals surface area contributed by atoms with Crippen molar-refractivity contribution in [1.82, 2.24) is 19.5 Å². The molecular formula is C23H23N5. The van der Waals surface area contributed by atoms with Gasteiger partial charge in [-0.3, -0.25) is 9.97 Å². The van der Waals surface area contributed by atoms with Gasteiger partial charge in [0, 0.05) is 54.9 Å². The van der Waals surface area contributed by atoms with Gasteiger partial charge in [0.25, 0.3) is 0 Å². The number of anilines is 1. The van der Waals surface area contributed by atoms with Crippen molar-refractivity contribution in [1.29, 1.82) is 0 Å². The van der Waals surface area contributed by atoms with E-state index in [1.807, 2.05) is 36.8 Å². The second-order valence-corrected chi connectivity index (χ2v) is 7.37. The van der Waals surface area contributed by atoms with Crippen LogP contribution in [0.25, 0.3) is 10.9 Å². The molecule has 140 valence electrons. The molecule has 1 aliphatic heterocycles. The summed E-state index contributed by atoms with van der Waals surface area (Å²) in [6.07, 6.45) is 10.1. The minimum atomic E-state index is 0.416. The van der Waals surface area contributed by atoms with E-state index in [-0.39, 0.29) is 0 Å². The molecule has 28 heavy (non-hydrogen) atoms. The van der Waals surface area contributed by atoms with Gasteiger partial charge in [0.2, 0.25) is 0 Å². The highest BCUT2D eigenvalue weighted by atomic mass is 15.2. The Balaban J connectivity index is 1.42. The van der Waals surface area contributed by atoms with Crippen molar-refractivity contribution in [3.05, 3.63) is 84.8 Å². The maximum atomic E-state index is 4.72. The van der Waals surface area contributed by atoms with Crippen molar-refractivity contribution in [3.8, 4) is 0 Å². The highest BCUT2D eigenvalue weighted by Gasteiger charge is 2.26. The van der Waals surface area contributed by atoms with Crippen LogP contribution in [0.4, 0.5) is 5.69 Å². The number of piperidine rings is 1. The van der Waals surface area contributed by atoms with Crippen LogP contribution in [0.5, 0.6) is 0 Å². The number of nitrogens with zero attached hydrogens (tertiary/aromatic N) is 5. The van der Waals surface area contributed by atoms with Crippen LogP contribution < -0.4 is 4.90 Å². The lowest BCUT2D eigenvalue weighted by Gasteiger charge is -2.35. The van der Waals surface area contributed by atoms with Crippen LogP contribution in [0.15, 0.2) is 73.3 Å². The summed E-state index contributed by atoms with van der Waals surface area (Å²) in [4.78, 5) is 16.2. The van der Waals surface area contributed by atoms with Crippen molar-refractivity contribution < 1.29 is 0 Å². The summed E-state index contributed by atoms with van der Waals surface area (Å²) in [7, 11) is 0.